The van der Waals surface area contributed by atoms with E-state index in [-0.39, 0.29) is 5.84 Å². The Hall–Kier alpha value is -2.33. The van der Waals surface area contributed by atoms with Crippen molar-refractivity contribution in [1.82, 2.24) is 0 Å². The fourth-order valence-electron chi connectivity index (χ4n) is 1.83. The maximum absolute atomic E-state index is 8.79. The molecule has 4 nitrogen and oxygen atoms in total. The summed E-state index contributed by atoms with van der Waals surface area (Å²) in [5, 5.41) is 11.8. The number of hydrogen-bond donors (Lipinski definition) is 3. The second-order valence-electron chi connectivity index (χ2n) is 3.93. The zero-order valence-corrected chi connectivity index (χ0v) is 9.88. The topological polar surface area (TPSA) is 84.6 Å². The van der Waals surface area contributed by atoms with Crippen molar-refractivity contribution in [2.75, 3.05) is 0 Å². The monoisotopic (exact) mass is 241 g/mol. The van der Waals surface area contributed by atoms with Crippen LogP contribution in [0.25, 0.3) is 11.1 Å². The molecule has 0 saturated carbocycles. The van der Waals surface area contributed by atoms with Gasteiger partial charge in [0.1, 0.15) is 0 Å². The van der Waals surface area contributed by atoms with Crippen LogP contribution in [-0.4, -0.2) is 11.0 Å². The van der Waals surface area contributed by atoms with E-state index in [0.29, 0.717) is 12.1 Å². The quantitative estimate of drug-likeness (QED) is 0.332. The zero-order chi connectivity index (χ0) is 13.0. The third kappa shape index (κ3) is 2.33. The largest absolute Gasteiger partial charge is 0.409 e. The van der Waals surface area contributed by atoms with Crippen LogP contribution in [0.4, 0.5) is 0 Å². The van der Waals surface area contributed by atoms with Gasteiger partial charge in [0.15, 0.2) is 5.84 Å². The summed E-state index contributed by atoms with van der Waals surface area (Å²) in [6.45, 7) is 0.516. The maximum Gasteiger partial charge on any atom is 0.170 e. The van der Waals surface area contributed by atoms with Crippen molar-refractivity contribution < 1.29 is 5.21 Å². The first-order chi connectivity index (χ1) is 8.76. The molecular weight excluding hydrogens is 226 g/mol. The maximum atomic E-state index is 8.79. The van der Waals surface area contributed by atoms with Crippen LogP contribution in [0, 0.1) is 0 Å². The van der Waals surface area contributed by atoms with E-state index in [1.54, 1.807) is 0 Å². The van der Waals surface area contributed by atoms with Crippen molar-refractivity contribution in [3.63, 3.8) is 0 Å². The molecule has 0 aliphatic rings. The number of amidine groups is 1. The third-order valence-electron chi connectivity index (χ3n) is 2.81. The van der Waals surface area contributed by atoms with Crippen LogP contribution in [0.15, 0.2) is 53.7 Å². The summed E-state index contributed by atoms with van der Waals surface area (Å²) in [7, 11) is 0. The highest BCUT2D eigenvalue weighted by molar-refractivity contribution is 6.03. The van der Waals surface area contributed by atoms with Crippen LogP contribution < -0.4 is 11.5 Å². The van der Waals surface area contributed by atoms with Crippen molar-refractivity contribution >= 4 is 5.84 Å². The normalized spacial score (nSPS) is 11.5. The van der Waals surface area contributed by atoms with E-state index in [1.165, 1.54) is 0 Å². The molecule has 0 aliphatic carbocycles. The van der Waals surface area contributed by atoms with Gasteiger partial charge in [0.05, 0.1) is 0 Å². The molecular formula is C14H15N3O. The average molecular weight is 241 g/mol. The van der Waals surface area contributed by atoms with E-state index in [9.17, 15) is 0 Å². The summed E-state index contributed by atoms with van der Waals surface area (Å²) in [6, 6.07) is 15.4. The predicted molar refractivity (Wildman–Crippen MR) is 72.3 cm³/mol. The van der Waals surface area contributed by atoms with E-state index >= 15 is 0 Å². The summed E-state index contributed by atoms with van der Waals surface area (Å²) >= 11 is 0. The Morgan fingerprint density at radius 1 is 1.06 bits per heavy atom. The molecule has 0 bridgehead atoms. The molecule has 0 unspecified atom stereocenters. The number of hydrogen-bond acceptors (Lipinski definition) is 3. The molecule has 0 fully saturated rings. The molecule has 92 valence electrons. The Balaban J connectivity index is 2.49. The molecule has 0 amide bonds. The first-order valence-electron chi connectivity index (χ1n) is 5.62. The first kappa shape index (κ1) is 12.1. The standard InChI is InChI=1S/C14H15N3O/c15-9-10-5-7-11(8-6-10)12-3-1-2-4-13(12)14(16)17-18/h1-8,18H,9,15H2,(H2,16,17). The molecule has 4 heteroatoms. The van der Waals surface area contributed by atoms with Gasteiger partial charge in [0, 0.05) is 12.1 Å². The molecule has 0 aromatic heterocycles. The summed E-state index contributed by atoms with van der Waals surface area (Å²) in [5.41, 5.74) is 14.9. The molecule has 0 radical (unpaired) electrons. The van der Waals surface area contributed by atoms with Gasteiger partial charge in [-0.15, -0.1) is 0 Å². The Bertz CT molecular complexity index is 562. The van der Waals surface area contributed by atoms with Crippen molar-refractivity contribution in [3.8, 4) is 11.1 Å². The molecule has 0 spiro atoms. The van der Waals surface area contributed by atoms with Crippen LogP contribution in [0.5, 0.6) is 0 Å². The summed E-state index contributed by atoms with van der Waals surface area (Å²) < 4.78 is 0. The van der Waals surface area contributed by atoms with Crippen molar-refractivity contribution in [2.24, 2.45) is 16.6 Å². The van der Waals surface area contributed by atoms with E-state index in [2.05, 4.69) is 5.16 Å². The number of nitrogens with two attached hydrogens (primary N) is 2. The number of nitrogens with zero attached hydrogens (tertiary/aromatic N) is 1. The predicted octanol–water partition coefficient (Wildman–Crippen LogP) is 1.91. The smallest absolute Gasteiger partial charge is 0.170 e. The van der Waals surface area contributed by atoms with Crippen LogP contribution in [0.3, 0.4) is 0 Å². The fourth-order valence-corrected chi connectivity index (χ4v) is 1.83. The Morgan fingerprint density at radius 3 is 2.33 bits per heavy atom. The second kappa shape index (κ2) is 5.33. The van der Waals surface area contributed by atoms with Gasteiger partial charge < -0.3 is 16.7 Å². The Morgan fingerprint density at radius 2 is 1.72 bits per heavy atom. The van der Waals surface area contributed by atoms with Crippen LogP contribution >= 0.6 is 0 Å². The minimum Gasteiger partial charge on any atom is -0.409 e. The van der Waals surface area contributed by atoms with E-state index < -0.39 is 0 Å². The molecule has 2 rings (SSSR count). The number of rotatable bonds is 3. The summed E-state index contributed by atoms with van der Waals surface area (Å²) in [5.74, 6) is 0.105. The Kier molecular flexibility index (Phi) is 3.60. The third-order valence-corrected chi connectivity index (χ3v) is 2.81. The molecule has 0 atom stereocenters. The van der Waals surface area contributed by atoms with Gasteiger partial charge in [-0.3, -0.25) is 0 Å². The second-order valence-corrected chi connectivity index (χ2v) is 3.93. The minimum absolute atomic E-state index is 0.105. The van der Waals surface area contributed by atoms with Gasteiger partial charge in [-0.05, 0) is 16.7 Å². The summed E-state index contributed by atoms with van der Waals surface area (Å²) in [6.07, 6.45) is 0. The summed E-state index contributed by atoms with van der Waals surface area (Å²) in [4.78, 5) is 0. The lowest BCUT2D eigenvalue weighted by Crippen LogP contribution is -2.14. The number of oxime groups is 1. The lowest BCUT2D eigenvalue weighted by Gasteiger charge is -2.08. The van der Waals surface area contributed by atoms with E-state index in [4.69, 9.17) is 16.7 Å². The fraction of sp³-hybridized carbons (Fsp3) is 0.0714. The van der Waals surface area contributed by atoms with Crippen molar-refractivity contribution in [3.05, 3.63) is 59.7 Å². The van der Waals surface area contributed by atoms with Gasteiger partial charge in [-0.25, -0.2) is 0 Å². The van der Waals surface area contributed by atoms with Gasteiger partial charge in [0.2, 0.25) is 0 Å². The van der Waals surface area contributed by atoms with Crippen molar-refractivity contribution in [2.45, 2.75) is 6.54 Å². The first-order valence-corrected chi connectivity index (χ1v) is 5.62. The molecule has 5 N–H and O–H groups in total. The molecule has 2 aromatic carbocycles. The highest BCUT2D eigenvalue weighted by atomic mass is 16.4. The molecule has 0 saturated heterocycles. The Labute approximate surface area is 106 Å². The van der Waals surface area contributed by atoms with Crippen LogP contribution in [0.2, 0.25) is 0 Å². The van der Waals surface area contributed by atoms with Crippen LogP contribution in [0.1, 0.15) is 11.1 Å². The number of benzene rings is 2. The molecule has 0 aliphatic heterocycles. The SMILES string of the molecule is NCc1ccc(-c2ccccc2C(N)=NO)cc1. The average Bonchev–Trinajstić information content (AvgIpc) is 2.46. The van der Waals surface area contributed by atoms with Gasteiger partial charge in [-0.2, -0.15) is 0 Å². The van der Waals surface area contributed by atoms with Gasteiger partial charge >= 0.3 is 0 Å². The van der Waals surface area contributed by atoms with E-state index in [1.807, 2.05) is 48.5 Å². The molecule has 18 heavy (non-hydrogen) atoms. The zero-order valence-electron chi connectivity index (χ0n) is 9.88. The van der Waals surface area contributed by atoms with E-state index in [0.717, 1.165) is 16.7 Å². The highest BCUT2D eigenvalue weighted by Crippen LogP contribution is 2.23. The lowest BCUT2D eigenvalue weighted by molar-refractivity contribution is 0.318. The van der Waals surface area contributed by atoms with Crippen molar-refractivity contribution in [1.29, 1.82) is 0 Å². The highest BCUT2D eigenvalue weighted by Gasteiger charge is 2.07. The molecule has 0 heterocycles. The minimum atomic E-state index is 0.105. The molecule has 2 aromatic rings. The van der Waals surface area contributed by atoms with Crippen LogP contribution in [-0.2, 0) is 6.54 Å². The van der Waals surface area contributed by atoms with Gasteiger partial charge in [-0.1, -0.05) is 53.7 Å². The van der Waals surface area contributed by atoms with Gasteiger partial charge in [0.25, 0.3) is 0 Å². The lowest BCUT2D eigenvalue weighted by atomic mass is 9.98.